The van der Waals surface area contributed by atoms with E-state index in [1.54, 1.807) is 0 Å². The molecule has 3 nitrogen and oxygen atoms in total. The van der Waals surface area contributed by atoms with Gasteiger partial charge in [-0.05, 0) is 49.4 Å². The minimum atomic E-state index is 0.449. The quantitative estimate of drug-likeness (QED) is 0.834. The van der Waals surface area contributed by atoms with Crippen LogP contribution in [-0.4, -0.2) is 36.6 Å². The van der Waals surface area contributed by atoms with Crippen LogP contribution in [0.4, 0.5) is 0 Å². The first-order chi connectivity index (χ1) is 10.1. The van der Waals surface area contributed by atoms with E-state index in [9.17, 15) is 0 Å². The lowest BCUT2D eigenvalue weighted by molar-refractivity contribution is 0.0895. The minimum absolute atomic E-state index is 0.449. The van der Waals surface area contributed by atoms with Crippen LogP contribution in [0, 0.1) is 11.3 Å². The maximum absolute atomic E-state index is 4.22. The van der Waals surface area contributed by atoms with Gasteiger partial charge in [-0.2, -0.15) is 0 Å². The second-order valence-corrected chi connectivity index (χ2v) is 7.02. The van der Waals surface area contributed by atoms with Crippen LogP contribution in [0.3, 0.4) is 0 Å². The van der Waals surface area contributed by atoms with E-state index in [2.05, 4.69) is 42.2 Å². The van der Waals surface area contributed by atoms with Crippen molar-refractivity contribution in [3.8, 4) is 0 Å². The van der Waals surface area contributed by atoms with E-state index in [4.69, 9.17) is 0 Å². The van der Waals surface area contributed by atoms with Crippen molar-refractivity contribution >= 4 is 0 Å². The van der Waals surface area contributed by atoms with Crippen LogP contribution in [0.15, 0.2) is 24.5 Å². The summed E-state index contributed by atoms with van der Waals surface area (Å²) in [4.78, 5) is 6.70. The van der Waals surface area contributed by atoms with Crippen LogP contribution in [-0.2, 0) is 6.54 Å². The lowest BCUT2D eigenvalue weighted by Gasteiger charge is -2.43. The van der Waals surface area contributed by atoms with Gasteiger partial charge in [0.15, 0.2) is 0 Å². The molecular formula is C18H31N3. The summed E-state index contributed by atoms with van der Waals surface area (Å²) in [6, 6.07) is 4.20. The highest BCUT2D eigenvalue weighted by molar-refractivity contribution is 5.08. The number of pyridine rings is 1. The molecule has 1 aliphatic carbocycles. The Kier molecular flexibility index (Phi) is 6.19. The fraction of sp³-hybridized carbons (Fsp3) is 0.722. The molecule has 1 aliphatic rings. The summed E-state index contributed by atoms with van der Waals surface area (Å²) < 4.78 is 0. The third kappa shape index (κ3) is 5.08. The van der Waals surface area contributed by atoms with E-state index in [1.165, 1.54) is 37.8 Å². The summed E-state index contributed by atoms with van der Waals surface area (Å²) in [5, 5.41) is 3.61. The van der Waals surface area contributed by atoms with Gasteiger partial charge in [-0.25, -0.2) is 0 Å². The molecular weight excluding hydrogens is 258 g/mol. The Bertz CT molecular complexity index is 406. The van der Waals surface area contributed by atoms with Gasteiger partial charge < -0.3 is 10.2 Å². The first-order valence-corrected chi connectivity index (χ1v) is 8.42. The summed E-state index contributed by atoms with van der Waals surface area (Å²) in [6.07, 6.45) is 9.34. The van der Waals surface area contributed by atoms with Gasteiger partial charge in [0.05, 0.1) is 0 Å². The van der Waals surface area contributed by atoms with Gasteiger partial charge in [0.1, 0.15) is 0 Å². The van der Waals surface area contributed by atoms with Gasteiger partial charge in [0.25, 0.3) is 0 Å². The van der Waals surface area contributed by atoms with Crippen molar-refractivity contribution in [1.29, 1.82) is 0 Å². The number of aromatic nitrogens is 1. The lowest BCUT2D eigenvalue weighted by atomic mass is 9.69. The number of hydrogen-bond donors (Lipinski definition) is 1. The van der Waals surface area contributed by atoms with Gasteiger partial charge in [-0.1, -0.05) is 32.8 Å². The summed E-state index contributed by atoms with van der Waals surface area (Å²) in [5.41, 5.74) is 1.76. The molecule has 1 heterocycles. The summed E-state index contributed by atoms with van der Waals surface area (Å²) in [5.74, 6) is 0.865. The third-order valence-electron chi connectivity index (χ3n) is 4.72. The van der Waals surface area contributed by atoms with Crippen LogP contribution in [0.25, 0.3) is 0 Å². The monoisotopic (exact) mass is 289 g/mol. The smallest absolute Gasteiger partial charge is 0.0312 e. The van der Waals surface area contributed by atoms with Gasteiger partial charge in [-0.3, -0.25) is 4.98 Å². The lowest BCUT2D eigenvalue weighted by Crippen LogP contribution is -2.45. The van der Waals surface area contributed by atoms with Crippen LogP contribution in [0.5, 0.6) is 0 Å². The fourth-order valence-electron chi connectivity index (χ4n) is 3.95. The molecule has 0 aliphatic heterocycles. The second kappa shape index (κ2) is 7.90. The van der Waals surface area contributed by atoms with Gasteiger partial charge in [0.2, 0.25) is 0 Å². The maximum atomic E-state index is 4.22. The molecule has 2 rings (SSSR count). The first-order valence-electron chi connectivity index (χ1n) is 8.42. The Morgan fingerprint density at radius 2 is 2.33 bits per heavy atom. The molecule has 0 bridgehead atoms. The Morgan fingerprint density at radius 1 is 1.48 bits per heavy atom. The summed E-state index contributed by atoms with van der Waals surface area (Å²) in [7, 11) is 2.25. The second-order valence-electron chi connectivity index (χ2n) is 7.02. The van der Waals surface area contributed by atoms with Crippen molar-refractivity contribution in [3.05, 3.63) is 30.1 Å². The van der Waals surface area contributed by atoms with Crippen molar-refractivity contribution in [1.82, 2.24) is 15.2 Å². The standard InChI is InChI=1S/C18H31N3/c1-4-19-14-18(9-5-7-16(2)11-18)15-21(3)13-17-8-6-10-20-12-17/h6,8,10,12,16,19H,4-5,7,9,11,13-15H2,1-3H3. The van der Waals surface area contributed by atoms with E-state index in [0.717, 1.165) is 25.6 Å². The van der Waals surface area contributed by atoms with E-state index < -0.39 is 0 Å². The van der Waals surface area contributed by atoms with Crippen molar-refractivity contribution < 1.29 is 0 Å². The topological polar surface area (TPSA) is 28.2 Å². The van der Waals surface area contributed by atoms with Crippen LogP contribution < -0.4 is 5.32 Å². The first kappa shape index (κ1) is 16.4. The molecule has 1 fully saturated rings. The van der Waals surface area contributed by atoms with Gasteiger partial charge in [-0.15, -0.1) is 0 Å². The van der Waals surface area contributed by atoms with E-state index in [0.29, 0.717) is 5.41 Å². The Labute approximate surface area is 130 Å². The third-order valence-corrected chi connectivity index (χ3v) is 4.72. The highest BCUT2D eigenvalue weighted by atomic mass is 15.1. The van der Waals surface area contributed by atoms with E-state index >= 15 is 0 Å². The minimum Gasteiger partial charge on any atom is -0.316 e. The highest BCUT2D eigenvalue weighted by Gasteiger charge is 2.35. The molecule has 1 saturated carbocycles. The van der Waals surface area contributed by atoms with Crippen molar-refractivity contribution in [2.75, 3.05) is 26.7 Å². The normalized spacial score (nSPS) is 26.2. The summed E-state index contributed by atoms with van der Waals surface area (Å²) in [6.45, 7) is 9.03. The molecule has 118 valence electrons. The number of nitrogens with one attached hydrogen (secondary N) is 1. The largest absolute Gasteiger partial charge is 0.316 e. The Morgan fingerprint density at radius 3 is 3.00 bits per heavy atom. The molecule has 1 aromatic heterocycles. The van der Waals surface area contributed by atoms with Crippen LogP contribution in [0.1, 0.15) is 45.1 Å². The molecule has 0 aromatic carbocycles. The van der Waals surface area contributed by atoms with Crippen LogP contribution in [0.2, 0.25) is 0 Å². The maximum Gasteiger partial charge on any atom is 0.0312 e. The summed E-state index contributed by atoms with van der Waals surface area (Å²) >= 11 is 0. The van der Waals surface area contributed by atoms with E-state index in [1.807, 2.05) is 18.5 Å². The molecule has 0 amide bonds. The van der Waals surface area contributed by atoms with Crippen molar-refractivity contribution in [2.24, 2.45) is 11.3 Å². The zero-order valence-corrected chi connectivity index (χ0v) is 13.9. The number of hydrogen-bond acceptors (Lipinski definition) is 3. The molecule has 0 saturated heterocycles. The van der Waals surface area contributed by atoms with Crippen molar-refractivity contribution in [2.45, 2.75) is 46.1 Å². The average molecular weight is 289 g/mol. The predicted octanol–water partition coefficient (Wildman–Crippen LogP) is 3.32. The Hall–Kier alpha value is -0.930. The molecule has 1 N–H and O–H groups in total. The van der Waals surface area contributed by atoms with Gasteiger partial charge >= 0.3 is 0 Å². The molecule has 0 radical (unpaired) electrons. The SMILES string of the molecule is CCNCC1(CN(C)Cc2cccnc2)CCCC(C)C1. The average Bonchev–Trinajstić information content (AvgIpc) is 2.46. The van der Waals surface area contributed by atoms with Gasteiger partial charge in [0, 0.05) is 32.0 Å². The molecule has 0 spiro atoms. The molecule has 2 atom stereocenters. The fourth-order valence-corrected chi connectivity index (χ4v) is 3.95. The molecule has 1 aromatic rings. The molecule has 21 heavy (non-hydrogen) atoms. The van der Waals surface area contributed by atoms with E-state index in [-0.39, 0.29) is 0 Å². The van der Waals surface area contributed by atoms with Crippen LogP contribution >= 0.6 is 0 Å². The molecule has 3 heteroatoms. The highest BCUT2D eigenvalue weighted by Crippen LogP contribution is 2.39. The zero-order valence-electron chi connectivity index (χ0n) is 13.9. The number of rotatable bonds is 7. The zero-order chi connectivity index (χ0) is 15.1. The Balaban J connectivity index is 1.97. The number of nitrogens with zero attached hydrogens (tertiary/aromatic N) is 2. The van der Waals surface area contributed by atoms with Crippen molar-refractivity contribution in [3.63, 3.8) is 0 Å². The molecule has 2 unspecified atom stereocenters. The predicted molar refractivity (Wildman–Crippen MR) is 89.2 cm³/mol.